The van der Waals surface area contributed by atoms with Gasteiger partial charge in [-0.2, -0.15) is 11.8 Å². The van der Waals surface area contributed by atoms with E-state index in [0.29, 0.717) is 23.1 Å². The van der Waals surface area contributed by atoms with Crippen LogP contribution in [0.3, 0.4) is 0 Å². The smallest absolute Gasteiger partial charge is 0.305 e. The Morgan fingerprint density at radius 1 is 0.500 bits per heavy atom. The number of guanidine groups is 2. The van der Waals surface area contributed by atoms with Crippen molar-refractivity contribution in [1.29, 1.82) is 10.8 Å². The first-order valence-corrected chi connectivity index (χ1v) is 37.8. The Labute approximate surface area is 651 Å². The number of aliphatic hydroxyl groups excluding tert-OH is 1. The van der Waals surface area contributed by atoms with Gasteiger partial charge in [0.15, 0.2) is 11.9 Å². The minimum absolute atomic E-state index is 0.00220. The molecule has 1 saturated heterocycles. The van der Waals surface area contributed by atoms with E-state index in [2.05, 4.69) is 69.1 Å². The first-order valence-electron chi connectivity index (χ1n) is 36.4. The maximum atomic E-state index is 14.8. The van der Waals surface area contributed by atoms with Crippen molar-refractivity contribution in [1.82, 2.24) is 74.0 Å². The number of nitrogens with zero attached hydrogens (tertiary/aromatic N) is 1. The van der Waals surface area contributed by atoms with Crippen molar-refractivity contribution in [3.8, 4) is 5.75 Å². The number of nitrogens with one attached hydrogen (secondary N) is 15. The summed E-state index contributed by atoms with van der Waals surface area (Å²) < 4.78 is 0. The average molecular weight is 1590 g/mol. The molecule has 3 aromatic rings. The fraction of sp³-hybridized carbons (Fsp3) is 0.514. The number of hydrogen-bond donors (Lipinski definition) is 23. The van der Waals surface area contributed by atoms with Gasteiger partial charge in [-0.25, -0.2) is 0 Å². The summed E-state index contributed by atoms with van der Waals surface area (Å²) in [7, 11) is 0. The predicted octanol–water partition coefficient (Wildman–Crippen LogP) is -4.99. The molecule has 27 N–H and O–H groups in total. The van der Waals surface area contributed by atoms with E-state index in [1.807, 2.05) is 0 Å². The summed E-state index contributed by atoms with van der Waals surface area (Å²) in [5.74, 6) is -16.5. The summed E-state index contributed by atoms with van der Waals surface area (Å²) in [4.78, 5) is 208. The van der Waals surface area contributed by atoms with Crippen molar-refractivity contribution < 1.29 is 92.3 Å². The molecule has 12 atom stereocenters. The third-order valence-corrected chi connectivity index (χ3v) is 18.3. The van der Waals surface area contributed by atoms with E-state index in [1.54, 1.807) is 66.9 Å². The Hall–Kier alpha value is -11.7. The second kappa shape index (κ2) is 48.8. The van der Waals surface area contributed by atoms with Crippen molar-refractivity contribution in [3.05, 3.63) is 102 Å². The second-order valence-electron chi connectivity index (χ2n) is 26.6. The summed E-state index contributed by atoms with van der Waals surface area (Å²) in [6, 6.07) is 5.16. The molecule has 39 nitrogen and oxygen atoms in total. The highest BCUT2D eigenvalue weighted by atomic mass is 32.2. The predicted molar refractivity (Wildman–Crippen MR) is 409 cm³/mol. The van der Waals surface area contributed by atoms with Gasteiger partial charge in [-0.05, 0) is 125 Å². The number of carbonyl (C=O) groups is 15. The van der Waals surface area contributed by atoms with E-state index in [0.717, 1.165) is 6.92 Å². The topological polar surface area (TPSA) is 648 Å². The highest BCUT2D eigenvalue weighted by Gasteiger charge is 2.40. The Kier molecular flexibility index (Phi) is 40.4. The number of primary amides is 1. The Balaban J connectivity index is 1.65. The molecule has 0 bridgehead atoms. The van der Waals surface area contributed by atoms with Gasteiger partial charge in [0.1, 0.15) is 72.2 Å². The zero-order valence-corrected chi connectivity index (χ0v) is 63.5. The van der Waals surface area contributed by atoms with Gasteiger partial charge in [0.05, 0.1) is 19.1 Å². The first-order chi connectivity index (χ1) is 53.2. The number of nitrogens with two attached hydrogens (primary N) is 4. The normalized spacial score (nSPS) is 15.2. The van der Waals surface area contributed by atoms with E-state index in [4.69, 9.17) is 33.8 Å². The summed E-state index contributed by atoms with van der Waals surface area (Å²) in [6.07, 6.45) is -3.15. The van der Waals surface area contributed by atoms with Crippen molar-refractivity contribution in [2.45, 2.75) is 189 Å². The highest BCUT2D eigenvalue weighted by molar-refractivity contribution is 7.98. The molecule has 0 spiro atoms. The lowest BCUT2D eigenvalue weighted by Gasteiger charge is -2.29. The van der Waals surface area contributed by atoms with Gasteiger partial charge in [-0.1, -0.05) is 72.8 Å². The van der Waals surface area contributed by atoms with Gasteiger partial charge in [0.25, 0.3) is 0 Å². The van der Waals surface area contributed by atoms with Crippen LogP contribution in [0.2, 0.25) is 0 Å². The number of amides is 13. The zero-order valence-electron chi connectivity index (χ0n) is 62.6. The van der Waals surface area contributed by atoms with E-state index >= 15 is 0 Å². The monoisotopic (exact) mass is 1590 g/mol. The molecule has 0 aromatic heterocycles. The van der Waals surface area contributed by atoms with Crippen LogP contribution in [0.15, 0.2) is 84.9 Å². The van der Waals surface area contributed by atoms with Gasteiger partial charge >= 0.3 is 11.9 Å². The van der Waals surface area contributed by atoms with Crippen LogP contribution in [0.1, 0.15) is 114 Å². The van der Waals surface area contributed by atoms with Crippen LogP contribution in [-0.4, -0.2) is 243 Å². The summed E-state index contributed by atoms with van der Waals surface area (Å²) >= 11 is 1.31. The number of unbranched alkanes of at least 4 members (excludes halogenated alkanes) is 1. The Bertz CT molecular complexity index is 3720. The van der Waals surface area contributed by atoms with Crippen LogP contribution >= 0.6 is 11.8 Å². The van der Waals surface area contributed by atoms with Crippen LogP contribution in [0, 0.1) is 10.8 Å². The number of thioether (sulfide) groups is 1. The molecule has 0 aliphatic carbocycles. The number of phenolic OH excluding ortho intramolecular Hbond substituents is 1. The van der Waals surface area contributed by atoms with Gasteiger partial charge in [0, 0.05) is 52.2 Å². The van der Waals surface area contributed by atoms with Gasteiger partial charge in [-0.3, -0.25) is 82.7 Å². The van der Waals surface area contributed by atoms with E-state index in [1.165, 1.54) is 47.9 Å². The zero-order chi connectivity index (χ0) is 83.0. The van der Waals surface area contributed by atoms with E-state index < -0.39 is 199 Å². The van der Waals surface area contributed by atoms with Gasteiger partial charge in [0.2, 0.25) is 76.8 Å². The molecule has 1 fully saturated rings. The minimum atomic E-state index is -2.11. The lowest BCUT2D eigenvalue weighted by Crippen LogP contribution is -2.61. The van der Waals surface area contributed by atoms with Crippen LogP contribution < -0.4 is 92.1 Å². The number of aliphatic hydroxyl groups is 1. The maximum Gasteiger partial charge on any atom is 0.305 e. The molecular formula is C72H106N20O19S. The number of hydrogen-bond acceptors (Lipinski definition) is 21. The second-order valence-corrected chi connectivity index (χ2v) is 27.6. The van der Waals surface area contributed by atoms with Crippen LogP contribution in [0.4, 0.5) is 0 Å². The third-order valence-electron chi connectivity index (χ3n) is 17.6. The molecule has 1 aliphatic heterocycles. The molecule has 614 valence electrons. The molecule has 1 heterocycles. The highest BCUT2D eigenvalue weighted by Crippen LogP contribution is 2.20. The number of aliphatic carboxylic acids is 2. The molecule has 1 unspecified atom stereocenters. The standard InChI is InChI=1S/C72H106N20O19S/c1-40(93)59(91-69(110)55-22-14-33-92(55)56(96)39-81-41(2)94)70(111)86-48(21-13-32-80-72(77)78)62(103)82-47(20-12-31-79-71(75)76)61(102)84-49(27-28-57(97)98)64(105)90-54(38-58(99)100)68(109)83-46(19-10-11-30-73)63(104)88-52(36-43-17-8-5-9-18-43)66(107)85-50(29-34-112-3)65(106)89-53(37-44-23-25-45(95)26-24-44)67(108)87-51(60(74)101)35-42-15-6-4-7-16-42/h4-9,15-18,23-26,40,46-55,59,93,95H,10-14,19-22,27-39,73H2,1-3H3,(H2,74,101)(H,81,94)(H,82,103)(H,83,109)(H,84,102)(H,85,107)(H,86,111)(H,87,108)(H,88,104)(H,89,106)(H,90,105)(H,91,110)(H,97,98)(H,99,100)(H4,75,76,79)(H4,77,78,80)/t40?,46-,47-,48-,49-,50-,51-,52-,53-,54-,55-,59-/m0/s1. The number of carboxylic acids is 2. The molecule has 1 aliphatic rings. The molecule has 40 heteroatoms. The van der Waals surface area contributed by atoms with Gasteiger partial charge < -0.3 is 117 Å². The number of benzene rings is 3. The number of aromatic hydroxyl groups is 1. The number of phenols is 1. The minimum Gasteiger partial charge on any atom is -0.508 e. The molecular weight excluding hydrogens is 1480 g/mol. The summed E-state index contributed by atoms with van der Waals surface area (Å²) in [5, 5.41) is 88.7. The largest absolute Gasteiger partial charge is 0.508 e. The third kappa shape index (κ3) is 34.1. The van der Waals surface area contributed by atoms with Crippen LogP contribution in [0.25, 0.3) is 0 Å². The lowest BCUT2D eigenvalue weighted by atomic mass is 10.0. The number of likely N-dealkylation sites (tertiary alicyclic amines) is 1. The maximum absolute atomic E-state index is 14.8. The Morgan fingerprint density at radius 3 is 1.33 bits per heavy atom. The fourth-order valence-corrected chi connectivity index (χ4v) is 12.2. The van der Waals surface area contributed by atoms with E-state index in [9.17, 15) is 92.3 Å². The van der Waals surface area contributed by atoms with Crippen LogP contribution in [0.5, 0.6) is 5.75 Å². The molecule has 0 radical (unpaired) electrons. The summed E-state index contributed by atoms with van der Waals surface area (Å²) in [6.45, 7) is 2.01. The van der Waals surface area contributed by atoms with Crippen molar-refractivity contribution >= 4 is 112 Å². The Morgan fingerprint density at radius 2 is 0.902 bits per heavy atom. The van der Waals surface area contributed by atoms with Crippen molar-refractivity contribution in [3.63, 3.8) is 0 Å². The number of carbonyl (C=O) groups excluding carboxylic acids is 13. The number of carboxylic acid groups (broad SMARTS) is 2. The first kappa shape index (κ1) is 92.7. The number of rotatable bonds is 50. The van der Waals surface area contributed by atoms with E-state index in [-0.39, 0.29) is 115 Å². The van der Waals surface area contributed by atoms with Crippen molar-refractivity contribution in [2.75, 3.05) is 44.7 Å². The van der Waals surface area contributed by atoms with Gasteiger partial charge in [-0.15, -0.1) is 0 Å². The molecule has 4 rings (SSSR count). The molecule has 13 amide bonds. The van der Waals surface area contributed by atoms with Crippen molar-refractivity contribution in [2.24, 2.45) is 22.9 Å². The quantitative estimate of drug-likeness (QED) is 0.0143. The molecule has 3 aromatic carbocycles. The molecule has 0 saturated carbocycles. The van der Waals surface area contributed by atoms with Crippen LogP contribution in [-0.2, 0) is 91.2 Å². The fourth-order valence-electron chi connectivity index (χ4n) is 11.7. The SMILES string of the molecule is CSCC[C@H](NC(=O)[C@H](Cc1ccccc1)NC(=O)[C@H](CCCCN)NC(=O)[C@H](CC(=O)O)NC(=O)[C@H](CCC(=O)O)NC(=O)[C@H](CCCNC(=N)N)NC(=O)[C@H](CCCNC(=N)N)NC(=O)[C@@H](NC(=O)[C@@H]1CCCN1C(=O)CNC(C)=O)C(C)O)C(=O)N[C@@H](Cc1ccc(O)cc1)C(=O)N[C@@H](Cc1ccccc1)C(N)=O. The lowest BCUT2D eigenvalue weighted by molar-refractivity contribution is -0.142. The summed E-state index contributed by atoms with van der Waals surface area (Å²) in [5.41, 5.74) is 24.2. The molecule has 112 heavy (non-hydrogen) atoms. The average Bonchev–Trinajstić information content (AvgIpc) is 1.46.